The van der Waals surface area contributed by atoms with E-state index in [0.717, 1.165) is 32.5 Å². The molecule has 0 aromatic heterocycles. The molecule has 0 spiro atoms. The van der Waals surface area contributed by atoms with Gasteiger partial charge in [-0.2, -0.15) is 0 Å². The third-order valence-corrected chi connectivity index (χ3v) is 3.02. The first-order chi connectivity index (χ1) is 7.08. The Kier molecular flexibility index (Phi) is 5.03. The molecule has 0 aliphatic carbocycles. The number of ether oxygens (including phenoxy) is 1. The first kappa shape index (κ1) is 12.9. The van der Waals surface area contributed by atoms with Crippen molar-refractivity contribution >= 4 is 0 Å². The Labute approximate surface area is 93.4 Å². The van der Waals surface area contributed by atoms with Crippen LogP contribution in [-0.2, 0) is 4.74 Å². The van der Waals surface area contributed by atoms with Gasteiger partial charge in [-0.15, -0.1) is 0 Å². The van der Waals surface area contributed by atoms with E-state index in [-0.39, 0.29) is 12.0 Å². The van der Waals surface area contributed by atoms with Crippen LogP contribution in [0.1, 0.15) is 26.7 Å². The molecule has 1 saturated heterocycles. The van der Waals surface area contributed by atoms with Gasteiger partial charge in [-0.05, 0) is 25.8 Å². The van der Waals surface area contributed by atoms with Crippen molar-refractivity contribution in [2.75, 3.05) is 40.0 Å². The van der Waals surface area contributed by atoms with Gasteiger partial charge in [0.15, 0.2) is 0 Å². The zero-order valence-electron chi connectivity index (χ0n) is 10.3. The van der Waals surface area contributed by atoms with E-state index < -0.39 is 0 Å². The van der Waals surface area contributed by atoms with Crippen molar-refractivity contribution in [2.45, 2.75) is 26.7 Å². The van der Waals surface area contributed by atoms with Gasteiger partial charge in [0.2, 0.25) is 0 Å². The molecule has 0 aromatic rings. The molecule has 0 amide bonds. The summed E-state index contributed by atoms with van der Waals surface area (Å²) in [5, 5.41) is 9.52. The first-order valence-electron chi connectivity index (χ1n) is 5.95. The first-order valence-corrected chi connectivity index (χ1v) is 5.95. The summed E-state index contributed by atoms with van der Waals surface area (Å²) in [6, 6.07) is 0. The minimum atomic E-state index is -0.0120. The molecule has 90 valence electrons. The van der Waals surface area contributed by atoms with E-state index in [4.69, 9.17) is 4.74 Å². The van der Waals surface area contributed by atoms with Crippen LogP contribution in [0.15, 0.2) is 0 Å². The van der Waals surface area contributed by atoms with Gasteiger partial charge >= 0.3 is 0 Å². The monoisotopic (exact) mass is 215 g/mol. The fraction of sp³-hybridized carbons (Fsp3) is 1.00. The highest BCUT2D eigenvalue weighted by molar-refractivity contribution is 4.84. The van der Waals surface area contributed by atoms with Crippen molar-refractivity contribution in [3.63, 3.8) is 0 Å². The zero-order chi connectivity index (χ0) is 11.3. The molecule has 1 atom stereocenters. The molecule has 15 heavy (non-hydrogen) atoms. The molecular formula is C12H25NO2. The average molecular weight is 215 g/mol. The van der Waals surface area contributed by atoms with Gasteiger partial charge in [-0.25, -0.2) is 0 Å². The number of nitrogens with zero attached hydrogens (tertiary/aromatic N) is 1. The summed E-state index contributed by atoms with van der Waals surface area (Å²) in [6.45, 7) is 8.29. The molecule has 0 saturated carbocycles. The number of hydrogen-bond acceptors (Lipinski definition) is 3. The highest BCUT2D eigenvalue weighted by atomic mass is 16.5. The van der Waals surface area contributed by atoms with E-state index in [1.807, 2.05) is 0 Å². The van der Waals surface area contributed by atoms with Gasteiger partial charge in [-0.3, -0.25) is 0 Å². The maximum absolute atomic E-state index is 9.52. The average Bonchev–Trinajstić information content (AvgIpc) is 2.17. The summed E-state index contributed by atoms with van der Waals surface area (Å²) in [7, 11) is 2.13. The van der Waals surface area contributed by atoms with Gasteiger partial charge < -0.3 is 14.7 Å². The van der Waals surface area contributed by atoms with E-state index in [0.29, 0.717) is 12.5 Å². The molecule has 3 nitrogen and oxygen atoms in total. The Bertz CT molecular complexity index is 176. The second kappa shape index (κ2) is 5.83. The van der Waals surface area contributed by atoms with Crippen LogP contribution in [0.5, 0.6) is 0 Å². The van der Waals surface area contributed by atoms with Crippen LogP contribution >= 0.6 is 0 Å². The molecule has 1 fully saturated rings. The number of aliphatic hydroxyl groups is 1. The van der Waals surface area contributed by atoms with E-state index >= 15 is 0 Å². The molecule has 0 aromatic carbocycles. The van der Waals surface area contributed by atoms with E-state index in [2.05, 4.69) is 25.8 Å². The standard InChI is InChI=1S/C12H25NO2/c1-11(2)7-13(3)8-12(9-14)5-4-6-15-10-12/h11,14H,4-10H2,1-3H3. The van der Waals surface area contributed by atoms with Crippen molar-refractivity contribution in [1.82, 2.24) is 4.90 Å². The Balaban J connectivity index is 2.43. The maximum atomic E-state index is 9.52. The lowest BCUT2D eigenvalue weighted by molar-refractivity contribution is -0.0531. The van der Waals surface area contributed by atoms with Crippen LogP contribution in [0, 0.1) is 11.3 Å². The fourth-order valence-electron chi connectivity index (χ4n) is 2.47. The summed E-state index contributed by atoms with van der Waals surface area (Å²) < 4.78 is 5.50. The van der Waals surface area contributed by atoms with Crippen molar-refractivity contribution < 1.29 is 9.84 Å². The predicted octanol–water partition coefficient (Wildman–Crippen LogP) is 1.36. The van der Waals surface area contributed by atoms with E-state index in [1.54, 1.807) is 0 Å². The summed E-state index contributed by atoms with van der Waals surface area (Å²) >= 11 is 0. The smallest absolute Gasteiger partial charge is 0.0556 e. The summed E-state index contributed by atoms with van der Waals surface area (Å²) in [6.07, 6.45) is 2.17. The molecule has 0 radical (unpaired) electrons. The normalized spacial score (nSPS) is 27.6. The Morgan fingerprint density at radius 3 is 2.67 bits per heavy atom. The predicted molar refractivity (Wildman–Crippen MR) is 61.9 cm³/mol. The van der Waals surface area contributed by atoms with Gasteiger partial charge in [0, 0.05) is 25.1 Å². The Morgan fingerprint density at radius 2 is 2.20 bits per heavy atom. The lowest BCUT2D eigenvalue weighted by atomic mass is 9.83. The number of aliphatic hydroxyl groups excluding tert-OH is 1. The third-order valence-electron chi connectivity index (χ3n) is 3.02. The summed E-state index contributed by atoms with van der Waals surface area (Å²) in [4.78, 5) is 2.32. The number of hydrogen-bond donors (Lipinski definition) is 1. The highest BCUT2D eigenvalue weighted by Gasteiger charge is 2.33. The van der Waals surface area contributed by atoms with Crippen LogP contribution < -0.4 is 0 Å². The maximum Gasteiger partial charge on any atom is 0.0556 e. The molecule has 3 heteroatoms. The second-order valence-electron chi connectivity index (χ2n) is 5.40. The van der Waals surface area contributed by atoms with Crippen molar-refractivity contribution in [3.8, 4) is 0 Å². The third kappa shape index (κ3) is 4.09. The highest BCUT2D eigenvalue weighted by Crippen LogP contribution is 2.28. The summed E-state index contributed by atoms with van der Waals surface area (Å²) in [5.74, 6) is 0.676. The van der Waals surface area contributed by atoms with Crippen LogP contribution in [0.4, 0.5) is 0 Å². The molecule has 1 rings (SSSR count). The van der Waals surface area contributed by atoms with Crippen LogP contribution in [0.25, 0.3) is 0 Å². The topological polar surface area (TPSA) is 32.7 Å². The molecule has 1 aliphatic heterocycles. The van der Waals surface area contributed by atoms with Gasteiger partial charge in [0.1, 0.15) is 0 Å². The van der Waals surface area contributed by atoms with Crippen molar-refractivity contribution in [3.05, 3.63) is 0 Å². The van der Waals surface area contributed by atoms with E-state index in [9.17, 15) is 5.11 Å². The van der Waals surface area contributed by atoms with Crippen LogP contribution in [-0.4, -0.2) is 50.0 Å². The van der Waals surface area contributed by atoms with Crippen LogP contribution in [0.2, 0.25) is 0 Å². The van der Waals surface area contributed by atoms with Crippen LogP contribution in [0.3, 0.4) is 0 Å². The lowest BCUT2D eigenvalue weighted by Gasteiger charge is -2.38. The molecule has 1 N–H and O–H groups in total. The largest absolute Gasteiger partial charge is 0.396 e. The second-order valence-corrected chi connectivity index (χ2v) is 5.40. The zero-order valence-corrected chi connectivity index (χ0v) is 10.3. The Morgan fingerprint density at radius 1 is 1.47 bits per heavy atom. The minimum Gasteiger partial charge on any atom is -0.396 e. The molecule has 1 heterocycles. The number of rotatable bonds is 5. The summed E-state index contributed by atoms with van der Waals surface area (Å²) in [5.41, 5.74) is -0.0120. The van der Waals surface area contributed by atoms with Gasteiger partial charge in [0.05, 0.1) is 13.2 Å². The lowest BCUT2D eigenvalue weighted by Crippen LogP contribution is -2.45. The SMILES string of the molecule is CC(C)CN(C)CC1(CO)CCCOC1. The van der Waals surface area contributed by atoms with Crippen molar-refractivity contribution in [2.24, 2.45) is 11.3 Å². The minimum absolute atomic E-state index is 0.0120. The molecule has 1 aliphatic rings. The van der Waals surface area contributed by atoms with E-state index in [1.165, 1.54) is 0 Å². The van der Waals surface area contributed by atoms with Gasteiger partial charge in [-0.1, -0.05) is 13.8 Å². The molecular weight excluding hydrogens is 190 g/mol. The Hall–Kier alpha value is -0.120. The molecule has 1 unspecified atom stereocenters. The van der Waals surface area contributed by atoms with Crippen molar-refractivity contribution in [1.29, 1.82) is 0 Å². The fourth-order valence-corrected chi connectivity index (χ4v) is 2.47. The molecule has 0 bridgehead atoms. The van der Waals surface area contributed by atoms with Gasteiger partial charge in [0.25, 0.3) is 0 Å². The quantitative estimate of drug-likeness (QED) is 0.751.